The van der Waals surface area contributed by atoms with Gasteiger partial charge in [-0.1, -0.05) is 0 Å². The Kier molecular flexibility index (Phi) is 2.73. The fourth-order valence-corrected chi connectivity index (χ4v) is 4.07. The van der Waals surface area contributed by atoms with Gasteiger partial charge in [-0.2, -0.15) is 11.8 Å². The fourth-order valence-electron chi connectivity index (χ4n) is 2.99. The summed E-state index contributed by atoms with van der Waals surface area (Å²) in [4.78, 5) is 0. The predicted molar refractivity (Wildman–Crippen MR) is 59.8 cm³/mol. The lowest BCUT2D eigenvalue weighted by atomic mass is 9.94. The Morgan fingerprint density at radius 2 is 2.21 bits per heavy atom. The predicted octanol–water partition coefficient (Wildman–Crippen LogP) is 1.79. The van der Waals surface area contributed by atoms with Crippen LogP contribution >= 0.6 is 11.8 Å². The van der Waals surface area contributed by atoms with Crippen LogP contribution in [0.3, 0.4) is 0 Å². The second-order valence-electron chi connectivity index (χ2n) is 4.80. The van der Waals surface area contributed by atoms with Crippen molar-refractivity contribution in [3.8, 4) is 0 Å². The average Bonchev–Trinajstić information content (AvgIpc) is 2.81. The van der Waals surface area contributed by atoms with Gasteiger partial charge in [0, 0.05) is 17.8 Å². The first kappa shape index (κ1) is 9.49. The molecular weight excluding hydrogens is 194 g/mol. The summed E-state index contributed by atoms with van der Waals surface area (Å²) in [5, 5.41) is 3.80. The highest BCUT2D eigenvalue weighted by molar-refractivity contribution is 7.99. The molecule has 0 saturated carbocycles. The van der Waals surface area contributed by atoms with Crippen LogP contribution in [0.25, 0.3) is 0 Å². The Hall–Kier alpha value is 0.270. The lowest BCUT2D eigenvalue weighted by Gasteiger charge is -2.29. The third-order valence-corrected chi connectivity index (χ3v) is 4.93. The SMILES string of the molecule is C1CSCC(NC2CC3CCC2O3)C1. The topological polar surface area (TPSA) is 21.3 Å². The summed E-state index contributed by atoms with van der Waals surface area (Å²) in [5.74, 6) is 2.68. The minimum atomic E-state index is 0.548. The molecule has 3 saturated heterocycles. The molecule has 4 atom stereocenters. The van der Waals surface area contributed by atoms with Gasteiger partial charge in [-0.25, -0.2) is 0 Å². The summed E-state index contributed by atoms with van der Waals surface area (Å²) in [6.07, 6.45) is 7.78. The monoisotopic (exact) mass is 213 g/mol. The summed E-state index contributed by atoms with van der Waals surface area (Å²) in [5.41, 5.74) is 0. The molecule has 3 fully saturated rings. The van der Waals surface area contributed by atoms with Crippen molar-refractivity contribution in [3.05, 3.63) is 0 Å². The van der Waals surface area contributed by atoms with Crippen molar-refractivity contribution < 1.29 is 4.74 Å². The Bertz CT molecular complexity index is 205. The maximum atomic E-state index is 5.86. The molecule has 0 aromatic rings. The van der Waals surface area contributed by atoms with Crippen molar-refractivity contribution in [1.29, 1.82) is 0 Å². The van der Waals surface area contributed by atoms with E-state index in [1.165, 1.54) is 43.6 Å². The Labute approximate surface area is 90.2 Å². The standard InChI is InChI=1S/C11H19NOS/c1-2-8(7-14-5-1)12-10-6-9-3-4-11(10)13-9/h8-12H,1-7H2. The van der Waals surface area contributed by atoms with E-state index in [9.17, 15) is 0 Å². The Morgan fingerprint density at radius 1 is 1.21 bits per heavy atom. The maximum absolute atomic E-state index is 5.86. The third-order valence-electron chi connectivity index (χ3n) is 3.72. The highest BCUT2D eigenvalue weighted by atomic mass is 32.2. The summed E-state index contributed by atoms with van der Waals surface area (Å²) < 4.78 is 5.86. The van der Waals surface area contributed by atoms with Crippen LogP contribution in [0, 0.1) is 0 Å². The van der Waals surface area contributed by atoms with Crippen LogP contribution in [0.15, 0.2) is 0 Å². The van der Waals surface area contributed by atoms with Crippen molar-refractivity contribution in [3.63, 3.8) is 0 Å². The van der Waals surface area contributed by atoms with Crippen LogP contribution in [-0.2, 0) is 4.74 Å². The number of ether oxygens (including phenoxy) is 1. The van der Waals surface area contributed by atoms with E-state index >= 15 is 0 Å². The van der Waals surface area contributed by atoms with E-state index in [0.717, 1.165) is 6.04 Å². The molecule has 80 valence electrons. The van der Waals surface area contributed by atoms with Crippen LogP contribution in [-0.4, -0.2) is 35.8 Å². The van der Waals surface area contributed by atoms with Gasteiger partial charge >= 0.3 is 0 Å². The highest BCUT2D eigenvalue weighted by Gasteiger charge is 2.41. The molecule has 14 heavy (non-hydrogen) atoms. The molecule has 0 aromatic carbocycles. The zero-order valence-electron chi connectivity index (χ0n) is 8.58. The second kappa shape index (κ2) is 4.03. The van der Waals surface area contributed by atoms with Gasteiger partial charge in [-0.15, -0.1) is 0 Å². The molecule has 3 aliphatic heterocycles. The number of rotatable bonds is 2. The van der Waals surface area contributed by atoms with Crippen LogP contribution in [0.5, 0.6) is 0 Å². The minimum Gasteiger partial charge on any atom is -0.373 e. The van der Waals surface area contributed by atoms with Crippen LogP contribution in [0.4, 0.5) is 0 Å². The van der Waals surface area contributed by atoms with Gasteiger partial charge < -0.3 is 10.1 Å². The van der Waals surface area contributed by atoms with E-state index in [2.05, 4.69) is 17.1 Å². The molecular formula is C11H19NOS. The Balaban J connectivity index is 1.52. The van der Waals surface area contributed by atoms with Crippen molar-refractivity contribution >= 4 is 11.8 Å². The molecule has 0 spiro atoms. The van der Waals surface area contributed by atoms with E-state index in [0.29, 0.717) is 18.2 Å². The molecule has 0 aromatic heterocycles. The normalized spacial score (nSPS) is 47.1. The molecule has 1 N–H and O–H groups in total. The number of hydrogen-bond acceptors (Lipinski definition) is 3. The third kappa shape index (κ3) is 1.82. The van der Waals surface area contributed by atoms with E-state index in [-0.39, 0.29) is 0 Å². The van der Waals surface area contributed by atoms with Gasteiger partial charge in [0.25, 0.3) is 0 Å². The quantitative estimate of drug-likeness (QED) is 0.755. The first-order chi connectivity index (χ1) is 6.92. The van der Waals surface area contributed by atoms with Gasteiger partial charge in [-0.3, -0.25) is 0 Å². The summed E-state index contributed by atoms with van der Waals surface area (Å²) in [7, 11) is 0. The van der Waals surface area contributed by atoms with E-state index in [1.807, 2.05) is 0 Å². The zero-order valence-corrected chi connectivity index (χ0v) is 9.39. The molecule has 4 unspecified atom stereocenters. The highest BCUT2D eigenvalue weighted by Crippen LogP contribution is 2.35. The molecule has 0 radical (unpaired) electrons. The molecule has 3 rings (SSSR count). The molecule has 3 aliphatic rings. The number of hydrogen-bond donors (Lipinski definition) is 1. The summed E-state index contributed by atoms with van der Waals surface area (Å²) in [6, 6.07) is 1.44. The molecule has 3 heterocycles. The van der Waals surface area contributed by atoms with Crippen LogP contribution < -0.4 is 5.32 Å². The van der Waals surface area contributed by atoms with Gasteiger partial charge in [0.1, 0.15) is 0 Å². The van der Waals surface area contributed by atoms with Gasteiger partial charge in [0.2, 0.25) is 0 Å². The van der Waals surface area contributed by atoms with Crippen molar-refractivity contribution in [2.75, 3.05) is 11.5 Å². The van der Waals surface area contributed by atoms with E-state index in [4.69, 9.17) is 4.74 Å². The fraction of sp³-hybridized carbons (Fsp3) is 1.00. The molecule has 2 nitrogen and oxygen atoms in total. The van der Waals surface area contributed by atoms with Gasteiger partial charge in [0.15, 0.2) is 0 Å². The average molecular weight is 213 g/mol. The minimum absolute atomic E-state index is 0.548. The van der Waals surface area contributed by atoms with Crippen molar-refractivity contribution in [1.82, 2.24) is 5.32 Å². The van der Waals surface area contributed by atoms with Gasteiger partial charge in [0.05, 0.1) is 12.2 Å². The molecule has 0 amide bonds. The number of nitrogens with one attached hydrogen (secondary N) is 1. The largest absolute Gasteiger partial charge is 0.373 e. The number of thioether (sulfide) groups is 1. The summed E-state index contributed by atoms with van der Waals surface area (Å²) >= 11 is 2.10. The van der Waals surface area contributed by atoms with Gasteiger partial charge in [-0.05, 0) is 37.9 Å². The first-order valence-electron chi connectivity index (χ1n) is 5.91. The lowest BCUT2D eigenvalue weighted by Crippen LogP contribution is -2.45. The van der Waals surface area contributed by atoms with Crippen molar-refractivity contribution in [2.24, 2.45) is 0 Å². The smallest absolute Gasteiger partial charge is 0.0733 e. The van der Waals surface area contributed by atoms with E-state index in [1.54, 1.807) is 0 Å². The van der Waals surface area contributed by atoms with Crippen molar-refractivity contribution in [2.45, 2.75) is 56.4 Å². The maximum Gasteiger partial charge on any atom is 0.0733 e. The zero-order chi connectivity index (χ0) is 9.38. The van der Waals surface area contributed by atoms with E-state index < -0.39 is 0 Å². The second-order valence-corrected chi connectivity index (χ2v) is 5.95. The molecule has 3 heteroatoms. The lowest BCUT2D eigenvalue weighted by molar-refractivity contribution is 0.0961. The number of fused-ring (bicyclic) bond motifs is 2. The summed E-state index contributed by atoms with van der Waals surface area (Å²) in [6.45, 7) is 0. The first-order valence-corrected chi connectivity index (χ1v) is 7.06. The molecule has 0 aliphatic carbocycles. The van der Waals surface area contributed by atoms with Crippen LogP contribution in [0.1, 0.15) is 32.1 Å². The Morgan fingerprint density at radius 3 is 2.86 bits per heavy atom. The molecule has 2 bridgehead atoms. The van der Waals surface area contributed by atoms with Crippen LogP contribution in [0.2, 0.25) is 0 Å².